The van der Waals surface area contributed by atoms with Gasteiger partial charge in [0, 0.05) is 17.8 Å². The fourth-order valence-corrected chi connectivity index (χ4v) is 1.94. The van der Waals surface area contributed by atoms with Crippen LogP contribution in [0.1, 0.15) is 12.5 Å². The Morgan fingerprint density at radius 2 is 2.24 bits per heavy atom. The van der Waals surface area contributed by atoms with Crippen molar-refractivity contribution in [1.82, 2.24) is 4.57 Å². The molecule has 0 aliphatic carbocycles. The predicted octanol–water partition coefficient (Wildman–Crippen LogP) is 2.85. The zero-order chi connectivity index (χ0) is 12.3. The summed E-state index contributed by atoms with van der Waals surface area (Å²) in [5, 5.41) is 1.07. The molecule has 1 heterocycles. The quantitative estimate of drug-likeness (QED) is 0.755. The Bertz CT molecular complexity index is 554. The van der Waals surface area contributed by atoms with Crippen LogP contribution in [0.2, 0.25) is 0 Å². The van der Waals surface area contributed by atoms with Gasteiger partial charge in [-0.25, -0.2) is 0 Å². The van der Waals surface area contributed by atoms with E-state index in [2.05, 4.69) is 6.58 Å². The smallest absolute Gasteiger partial charge is 0.310 e. The summed E-state index contributed by atoms with van der Waals surface area (Å²) in [6.45, 7) is 5.98. The van der Waals surface area contributed by atoms with Gasteiger partial charge in [0.25, 0.3) is 0 Å². The first-order valence-electron chi connectivity index (χ1n) is 5.63. The molecule has 2 rings (SSSR count). The molecule has 0 saturated carbocycles. The fourth-order valence-electron chi connectivity index (χ4n) is 1.94. The van der Waals surface area contributed by atoms with E-state index in [0.29, 0.717) is 13.0 Å². The molecule has 2 aromatic rings. The lowest BCUT2D eigenvalue weighted by Gasteiger charge is -1.99. The monoisotopic (exact) mass is 229 g/mol. The standard InChI is InChI=1S/C14H15NO2/c1-3-15-10-11(9-14(16)17-4-2)12-7-5-6-8-13(12)15/h3,5-8,10H,1,4,9H2,2H3. The number of para-hydroxylation sites is 1. The highest BCUT2D eigenvalue weighted by atomic mass is 16.5. The third kappa shape index (κ3) is 2.23. The Kier molecular flexibility index (Phi) is 3.28. The molecule has 0 atom stereocenters. The van der Waals surface area contributed by atoms with Gasteiger partial charge in [0.15, 0.2) is 0 Å². The first-order valence-corrected chi connectivity index (χ1v) is 5.63. The number of carbonyl (C=O) groups is 1. The van der Waals surface area contributed by atoms with Crippen molar-refractivity contribution in [3.63, 3.8) is 0 Å². The molecule has 0 fully saturated rings. The molecule has 0 N–H and O–H groups in total. The van der Waals surface area contributed by atoms with Crippen molar-refractivity contribution in [2.24, 2.45) is 0 Å². The summed E-state index contributed by atoms with van der Waals surface area (Å²) in [5.74, 6) is -0.195. The topological polar surface area (TPSA) is 31.2 Å². The Labute approximate surface area is 100 Å². The van der Waals surface area contributed by atoms with Gasteiger partial charge >= 0.3 is 5.97 Å². The summed E-state index contributed by atoms with van der Waals surface area (Å²) in [6.07, 6.45) is 3.96. The van der Waals surface area contributed by atoms with E-state index < -0.39 is 0 Å². The van der Waals surface area contributed by atoms with Gasteiger partial charge in [-0.05, 0) is 18.6 Å². The lowest BCUT2D eigenvalue weighted by molar-refractivity contribution is -0.142. The van der Waals surface area contributed by atoms with Crippen LogP contribution in [0, 0.1) is 0 Å². The second-order valence-corrected chi connectivity index (χ2v) is 3.74. The second-order valence-electron chi connectivity index (χ2n) is 3.74. The van der Waals surface area contributed by atoms with E-state index in [1.165, 1.54) is 0 Å². The van der Waals surface area contributed by atoms with Crippen molar-refractivity contribution >= 4 is 23.1 Å². The first kappa shape index (κ1) is 11.5. The van der Waals surface area contributed by atoms with Gasteiger partial charge in [-0.15, -0.1) is 0 Å². The van der Waals surface area contributed by atoms with Crippen LogP contribution < -0.4 is 0 Å². The van der Waals surface area contributed by atoms with E-state index in [4.69, 9.17) is 4.74 Å². The van der Waals surface area contributed by atoms with Gasteiger partial charge < -0.3 is 9.30 Å². The van der Waals surface area contributed by atoms with Gasteiger partial charge in [0.05, 0.1) is 18.5 Å². The van der Waals surface area contributed by atoms with Crippen LogP contribution in [0.25, 0.3) is 17.1 Å². The van der Waals surface area contributed by atoms with Crippen LogP contribution in [-0.4, -0.2) is 17.1 Å². The maximum absolute atomic E-state index is 11.5. The lowest BCUT2D eigenvalue weighted by Crippen LogP contribution is -2.06. The summed E-state index contributed by atoms with van der Waals surface area (Å²) in [5.41, 5.74) is 2.03. The molecule has 0 bridgehead atoms. The first-order chi connectivity index (χ1) is 8.26. The maximum atomic E-state index is 11.5. The Morgan fingerprint density at radius 3 is 2.94 bits per heavy atom. The Balaban J connectivity index is 2.40. The molecule has 0 saturated heterocycles. The van der Waals surface area contributed by atoms with E-state index in [-0.39, 0.29) is 5.97 Å². The summed E-state index contributed by atoms with van der Waals surface area (Å²) < 4.78 is 6.88. The maximum Gasteiger partial charge on any atom is 0.310 e. The van der Waals surface area contributed by atoms with Gasteiger partial charge in [-0.2, -0.15) is 0 Å². The van der Waals surface area contributed by atoms with Crippen molar-refractivity contribution in [2.75, 3.05) is 6.61 Å². The molecule has 0 unspecified atom stereocenters. The fraction of sp³-hybridized carbons (Fsp3) is 0.214. The van der Waals surface area contributed by atoms with Crippen molar-refractivity contribution < 1.29 is 9.53 Å². The number of ether oxygens (including phenoxy) is 1. The number of benzene rings is 1. The van der Waals surface area contributed by atoms with E-state index in [9.17, 15) is 4.79 Å². The number of fused-ring (bicyclic) bond motifs is 1. The van der Waals surface area contributed by atoms with Crippen molar-refractivity contribution in [3.05, 3.63) is 42.6 Å². The number of esters is 1. The third-order valence-corrected chi connectivity index (χ3v) is 2.66. The van der Waals surface area contributed by atoms with E-state index in [1.54, 1.807) is 6.20 Å². The van der Waals surface area contributed by atoms with Crippen LogP contribution >= 0.6 is 0 Å². The normalized spacial score (nSPS) is 10.4. The highest BCUT2D eigenvalue weighted by Crippen LogP contribution is 2.22. The number of rotatable bonds is 4. The van der Waals surface area contributed by atoms with E-state index >= 15 is 0 Å². The molecule has 0 spiro atoms. The minimum atomic E-state index is -0.195. The number of hydrogen-bond acceptors (Lipinski definition) is 2. The average Bonchev–Trinajstić information content (AvgIpc) is 2.68. The molecule has 3 heteroatoms. The summed E-state index contributed by atoms with van der Waals surface area (Å²) in [4.78, 5) is 11.5. The third-order valence-electron chi connectivity index (χ3n) is 2.66. The van der Waals surface area contributed by atoms with Gasteiger partial charge in [0.2, 0.25) is 0 Å². The summed E-state index contributed by atoms with van der Waals surface area (Å²) >= 11 is 0. The summed E-state index contributed by atoms with van der Waals surface area (Å²) in [6, 6.07) is 7.94. The predicted molar refractivity (Wildman–Crippen MR) is 68.7 cm³/mol. The van der Waals surface area contributed by atoms with Crippen LogP contribution in [0.5, 0.6) is 0 Å². The zero-order valence-corrected chi connectivity index (χ0v) is 9.85. The van der Waals surface area contributed by atoms with E-state index in [0.717, 1.165) is 16.5 Å². The van der Waals surface area contributed by atoms with Gasteiger partial charge in [-0.3, -0.25) is 4.79 Å². The van der Waals surface area contributed by atoms with Gasteiger partial charge in [0.1, 0.15) is 0 Å². The average molecular weight is 229 g/mol. The van der Waals surface area contributed by atoms with Crippen LogP contribution in [0.15, 0.2) is 37.0 Å². The molecule has 88 valence electrons. The number of hydrogen-bond donors (Lipinski definition) is 0. The second kappa shape index (κ2) is 4.87. The molecule has 0 aliphatic rings. The summed E-state index contributed by atoms with van der Waals surface area (Å²) in [7, 11) is 0. The minimum Gasteiger partial charge on any atom is -0.466 e. The molecule has 3 nitrogen and oxygen atoms in total. The zero-order valence-electron chi connectivity index (χ0n) is 9.85. The highest BCUT2D eigenvalue weighted by molar-refractivity contribution is 5.89. The Morgan fingerprint density at radius 1 is 1.47 bits per heavy atom. The lowest BCUT2D eigenvalue weighted by atomic mass is 10.1. The number of aromatic nitrogens is 1. The molecule has 0 amide bonds. The SMILES string of the molecule is C=Cn1cc(CC(=O)OCC)c2ccccc21. The highest BCUT2D eigenvalue weighted by Gasteiger charge is 2.10. The number of carbonyl (C=O) groups excluding carboxylic acids is 1. The molecule has 1 aromatic carbocycles. The molecule has 0 aliphatic heterocycles. The molecular formula is C14H15NO2. The van der Waals surface area contributed by atoms with Crippen molar-refractivity contribution in [3.8, 4) is 0 Å². The number of nitrogens with zero attached hydrogens (tertiary/aromatic N) is 1. The van der Waals surface area contributed by atoms with Crippen LogP contribution in [0.3, 0.4) is 0 Å². The van der Waals surface area contributed by atoms with Gasteiger partial charge in [-0.1, -0.05) is 24.8 Å². The van der Waals surface area contributed by atoms with Crippen LogP contribution in [0.4, 0.5) is 0 Å². The molecule has 1 aromatic heterocycles. The molecule has 0 radical (unpaired) electrons. The largest absolute Gasteiger partial charge is 0.466 e. The minimum absolute atomic E-state index is 0.195. The Hall–Kier alpha value is -2.03. The van der Waals surface area contributed by atoms with Crippen molar-refractivity contribution in [1.29, 1.82) is 0 Å². The molecular weight excluding hydrogens is 214 g/mol. The van der Waals surface area contributed by atoms with E-state index in [1.807, 2.05) is 42.0 Å². The van der Waals surface area contributed by atoms with Crippen LogP contribution in [-0.2, 0) is 16.0 Å². The molecule has 17 heavy (non-hydrogen) atoms. The van der Waals surface area contributed by atoms with Crippen molar-refractivity contribution in [2.45, 2.75) is 13.3 Å².